The molecule has 4 rings (SSSR count). The summed E-state index contributed by atoms with van der Waals surface area (Å²) in [6, 6.07) is 14.1. The van der Waals surface area contributed by atoms with Crippen molar-refractivity contribution in [1.82, 2.24) is 9.97 Å². The van der Waals surface area contributed by atoms with E-state index < -0.39 is 17.5 Å². The molecule has 184 valence electrons. The predicted octanol–water partition coefficient (Wildman–Crippen LogP) is 6.43. The summed E-state index contributed by atoms with van der Waals surface area (Å²) in [5.41, 5.74) is 2.08. The van der Waals surface area contributed by atoms with Gasteiger partial charge in [0.2, 0.25) is 5.95 Å². The molecule has 0 radical (unpaired) electrons. The van der Waals surface area contributed by atoms with Gasteiger partial charge in [-0.15, -0.1) is 0 Å². The molecular formula is C27H28F3N3O2. The van der Waals surface area contributed by atoms with E-state index in [9.17, 15) is 23.1 Å². The van der Waals surface area contributed by atoms with E-state index in [0.717, 1.165) is 66.5 Å². The SMILES string of the molecule is Cc1cc(Nc2nccc(C(F)(F)F)n2)cc(-c2ccc(C(C)(O)C3CCC(C=O)CC3)cc2)c1. The summed E-state index contributed by atoms with van der Waals surface area (Å²) in [7, 11) is 0. The van der Waals surface area contributed by atoms with E-state index in [4.69, 9.17) is 0 Å². The third kappa shape index (κ3) is 5.70. The number of hydrogen-bond donors (Lipinski definition) is 2. The molecule has 0 amide bonds. The number of aliphatic hydroxyl groups is 1. The lowest BCUT2D eigenvalue weighted by atomic mass is 9.72. The highest BCUT2D eigenvalue weighted by Crippen LogP contribution is 2.41. The Morgan fingerprint density at radius 1 is 1.00 bits per heavy atom. The van der Waals surface area contributed by atoms with Crippen molar-refractivity contribution in [2.45, 2.75) is 51.3 Å². The number of anilines is 2. The monoisotopic (exact) mass is 483 g/mol. The second-order valence-electron chi connectivity index (χ2n) is 9.45. The minimum absolute atomic E-state index is 0.0896. The Bertz CT molecular complexity index is 1190. The number of alkyl halides is 3. The molecule has 0 aliphatic heterocycles. The van der Waals surface area contributed by atoms with E-state index in [-0.39, 0.29) is 17.8 Å². The molecule has 0 bridgehead atoms. The number of aromatic nitrogens is 2. The standard InChI is InChI=1S/C27H28F3N3O2/c1-17-13-20(15-23(14-17)32-25-31-12-11-24(33-25)27(28,29)30)19-5-9-22(10-6-19)26(2,35)21-7-3-18(16-34)4-8-21/h5-6,9-16,18,21,35H,3-4,7-8H2,1-2H3,(H,31,32,33). The van der Waals surface area contributed by atoms with Crippen molar-refractivity contribution in [2.24, 2.45) is 11.8 Å². The van der Waals surface area contributed by atoms with Gasteiger partial charge in [0.15, 0.2) is 0 Å². The van der Waals surface area contributed by atoms with Gasteiger partial charge in [-0.2, -0.15) is 13.2 Å². The molecule has 1 aromatic heterocycles. The van der Waals surface area contributed by atoms with Crippen LogP contribution in [-0.2, 0) is 16.6 Å². The third-order valence-corrected chi connectivity index (χ3v) is 6.84. The van der Waals surface area contributed by atoms with Crippen LogP contribution in [0.2, 0.25) is 0 Å². The van der Waals surface area contributed by atoms with Crippen molar-refractivity contribution in [3.8, 4) is 11.1 Å². The highest BCUT2D eigenvalue weighted by Gasteiger charge is 2.36. The van der Waals surface area contributed by atoms with E-state index in [1.807, 2.05) is 56.3 Å². The summed E-state index contributed by atoms with van der Waals surface area (Å²) in [4.78, 5) is 18.5. The first-order valence-electron chi connectivity index (χ1n) is 11.6. The molecule has 35 heavy (non-hydrogen) atoms. The van der Waals surface area contributed by atoms with Crippen LogP contribution in [0.1, 0.15) is 49.4 Å². The molecule has 1 atom stereocenters. The van der Waals surface area contributed by atoms with Gasteiger partial charge in [0.1, 0.15) is 12.0 Å². The maximum absolute atomic E-state index is 13.0. The van der Waals surface area contributed by atoms with Gasteiger partial charge in [-0.3, -0.25) is 0 Å². The van der Waals surface area contributed by atoms with E-state index in [0.29, 0.717) is 5.69 Å². The first kappa shape index (κ1) is 24.9. The summed E-state index contributed by atoms with van der Waals surface area (Å²) in [6.45, 7) is 3.73. The van der Waals surface area contributed by atoms with Gasteiger partial charge in [-0.05, 0) is 85.9 Å². The summed E-state index contributed by atoms with van der Waals surface area (Å²) in [5, 5.41) is 14.1. The van der Waals surface area contributed by atoms with Gasteiger partial charge in [0.25, 0.3) is 0 Å². The fraction of sp³-hybridized carbons (Fsp3) is 0.370. The fourth-order valence-electron chi connectivity index (χ4n) is 4.78. The Balaban J connectivity index is 1.53. The Morgan fingerprint density at radius 2 is 1.69 bits per heavy atom. The number of halogens is 3. The Hall–Kier alpha value is -3.26. The fourth-order valence-corrected chi connectivity index (χ4v) is 4.78. The molecule has 1 heterocycles. The van der Waals surface area contributed by atoms with Crippen LogP contribution in [0, 0.1) is 18.8 Å². The normalized spacial score (nSPS) is 20.2. The highest BCUT2D eigenvalue weighted by molar-refractivity contribution is 5.71. The largest absolute Gasteiger partial charge is 0.433 e. The van der Waals surface area contributed by atoms with Crippen molar-refractivity contribution in [2.75, 3.05) is 5.32 Å². The topological polar surface area (TPSA) is 75.1 Å². The average molecular weight is 484 g/mol. The molecule has 2 N–H and O–H groups in total. The number of carbonyl (C=O) groups excluding carboxylic acids is 1. The van der Waals surface area contributed by atoms with Crippen LogP contribution < -0.4 is 5.32 Å². The summed E-state index contributed by atoms with van der Waals surface area (Å²) in [6.07, 6.45) is 0.766. The third-order valence-electron chi connectivity index (χ3n) is 6.84. The van der Waals surface area contributed by atoms with Crippen molar-refractivity contribution < 1.29 is 23.1 Å². The molecule has 5 nitrogen and oxygen atoms in total. The van der Waals surface area contributed by atoms with E-state index >= 15 is 0 Å². The lowest BCUT2D eigenvalue weighted by molar-refractivity contribution is -0.141. The Morgan fingerprint density at radius 3 is 2.31 bits per heavy atom. The molecule has 1 aliphatic carbocycles. The highest BCUT2D eigenvalue weighted by atomic mass is 19.4. The van der Waals surface area contributed by atoms with Crippen LogP contribution in [0.4, 0.5) is 24.8 Å². The number of carbonyl (C=O) groups is 1. The van der Waals surface area contributed by atoms with Crippen LogP contribution in [0.25, 0.3) is 11.1 Å². The maximum atomic E-state index is 13.0. The van der Waals surface area contributed by atoms with Gasteiger partial charge < -0.3 is 15.2 Å². The van der Waals surface area contributed by atoms with Gasteiger partial charge >= 0.3 is 6.18 Å². The van der Waals surface area contributed by atoms with Crippen molar-refractivity contribution in [3.05, 3.63) is 71.5 Å². The first-order chi connectivity index (χ1) is 16.6. The van der Waals surface area contributed by atoms with E-state index in [1.54, 1.807) is 0 Å². The quantitative estimate of drug-likeness (QED) is 0.395. The van der Waals surface area contributed by atoms with Crippen molar-refractivity contribution in [1.29, 1.82) is 0 Å². The molecule has 1 fully saturated rings. The zero-order valence-corrected chi connectivity index (χ0v) is 19.6. The second kappa shape index (κ2) is 9.77. The second-order valence-corrected chi connectivity index (χ2v) is 9.45. The molecule has 1 saturated carbocycles. The lowest BCUT2D eigenvalue weighted by Crippen LogP contribution is -2.34. The number of nitrogens with zero attached hydrogens (tertiary/aromatic N) is 2. The lowest BCUT2D eigenvalue weighted by Gasteiger charge is -2.37. The van der Waals surface area contributed by atoms with Crippen LogP contribution in [0.15, 0.2) is 54.7 Å². The van der Waals surface area contributed by atoms with Crippen LogP contribution in [-0.4, -0.2) is 21.4 Å². The molecule has 8 heteroatoms. The van der Waals surface area contributed by atoms with Gasteiger partial charge in [0.05, 0.1) is 5.60 Å². The number of benzene rings is 2. The summed E-state index contributed by atoms with van der Waals surface area (Å²) in [5.74, 6) is 0.0498. The molecule has 2 aromatic carbocycles. The molecule has 0 saturated heterocycles. The summed E-state index contributed by atoms with van der Waals surface area (Å²) >= 11 is 0. The summed E-state index contributed by atoms with van der Waals surface area (Å²) < 4.78 is 38.9. The van der Waals surface area contributed by atoms with E-state index in [2.05, 4.69) is 15.3 Å². The van der Waals surface area contributed by atoms with Crippen LogP contribution in [0.5, 0.6) is 0 Å². The zero-order chi connectivity index (χ0) is 25.2. The van der Waals surface area contributed by atoms with Crippen molar-refractivity contribution >= 4 is 17.9 Å². The maximum Gasteiger partial charge on any atom is 0.433 e. The molecule has 1 unspecified atom stereocenters. The first-order valence-corrected chi connectivity index (χ1v) is 11.6. The van der Waals surface area contributed by atoms with E-state index in [1.165, 1.54) is 0 Å². The molecule has 3 aromatic rings. The number of aryl methyl sites for hydroxylation is 1. The Labute approximate surface area is 202 Å². The minimum atomic E-state index is -4.55. The van der Waals surface area contributed by atoms with Crippen LogP contribution in [0.3, 0.4) is 0 Å². The number of rotatable bonds is 6. The average Bonchev–Trinajstić information content (AvgIpc) is 2.83. The Kier molecular flexibility index (Phi) is 6.94. The van der Waals surface area contributed by atoms with Gasteiger partial charge in [-0.1, -0.05) is 30.3 Å². The van der Waals surface area contributed by atoms with Gasteiger partial charge in [-0.25, -0.2) is 9.97 Å². The minimum Gasteiger partial charge on any atom is -0.385 e. The van der Waals surface area contributed by atoms with Gasteiger partial charge in [0, 0.05) is 17.8 Å². The van der Waals surface area contributed by atoms with Crippen LogP contribution >= 0.6 is 0 Å². The zero-order valence-electron chi connectivity index (χ0n) is 19.6. The number of hydrogen-bond acceptors (Lipinski definition) is 5. The number of nitrogens with one attached hydrogen (secondary N) is 1. The smallest absolute Gasteiger partial charge is 0.385 e. The predicted molar refractivity (Wildman–Crippen MR) is 128 cm³/mol. The molecular weight excluding hydrogens is 455 g/mol. The number of aldehydes is 1. The molecule has 0 spiro atoms. The molecule has 1 aliphatic rings. The van der Waals surface area contributed by atoms with Crippen molar-refractivity contribution in [3.63, 3.8) is 0 Å².